The van der Waals surface area contributed by atoms with Gasteiger partial charge in [0.15, 0.2) is 0 Å². The van der Waals surface area contributed by atoms with Crippen molar-refractivity contribution in [3.8, 4) is 17.8 Å². The van der Waals surface area contributed by atoms with Crippen LogP contribution in [0.15, 0.2) is 30.3 Å². The predicted molar refractivity (Wildman–Crippen MR) is 68.8 cm³/mol. The molecule has 1 aromatic heterocycles. The fraction of sp³-hybridized carbons (Fsp3) is 0.214. The minimum absolute atomic E-state index is 0.0402. The third-order valence-electron chi connectivity index (χ3n) is 2.50. The van der Waals surface area contributed by atoms with Gasteiger partial charge in [0.05, 0.1) is 0 Å². The van der Waals surface area contributed by atoms with Crippen LogP contribution in [-0.2, 0) is 6.42 Å². The van der Waals surface area contributed by atoms with E-state index in [0.717, 1.165) is 5.56 Å². The Morgan fingerprint density at radius 3 is 2.84 bits per heavy atom. The fourth-order valence-corrected chi connectivity index (χ4v) is 1.67. The van der Waals surface area contributed by atoms with E-state index in [-0.39, 0.29) is 18.3 Å². The van der Waals surface area contributed by atoms with Crippen molar-refractivity contribution < 1.29 is 9.84 Å². The lowest BCUT2D eigenvalue weighted by Gasteiger charge is -2.09. The summed E-state index contributed by atoms with van der Waals surface area (Å²) in [5.41, 5.74) is 1.80. The molecule has 0 spiro atoms. The summed E-state index contributed by atoms with van der Waals surface area (Å²) in [5.74, 6) is 0.589. The molecular weight excluding hydrogens is 242 g/mol. The van der Waals surface area contributed by atoms with Gasteiger partial charge >= 0.3 is 6.01 Å². The van der Waals surface area contributed by atoms with Crippen LogP contribution in [0, 0.1) is 18.3 Å². The molecule has 0 saturated carbocycles. The number of nitrogens with zero attached hydrogens (tertiary/aromatic N) is 3. The van der Waals surface area contributed by atoms with E-state index >= 15 is 0 Å². The lowest BCUT2D eigenvalue weighted by molar-refractivity contribution is 0.297. The largest absolute Gasteiger partial charge is 0.424 e. The van der Waals surface area contributed by atoms with Crippen molar-refractivity contribution in [3.05, 3.63) is 47.3 Å². The highest BCUT2D eigenvalue weighted by atomic mass is 16.5. The first kappa shape index (κ1) is 13.0. The van der Waals surface area contributed by atoms with Gasteiger partial charge in [-0.25, -0.2) is 4.98 Å². The van der Waals surface area contributed by atoms with Gasteiger partial charge in [-0.1, -0.05) is 18.2 Å². The van der Waals surface area contributed by atoms with E-state index in [1.807, 2.05) is 24.3 Å². The summed E-state index contributed by atoms with van der Waals surface area (Å²) in [6.07, 6.45) is 0.493. The van der Waals surface area contributed by atoms with Crippen molar-refractivity contribution in [1.29, 1.82) is 5.26 Å². The number of rotatable bonds is 4. The maximum Gasteiger partial charge on any atom is 0.323 e. The van der Waals surface area contributed by atoms with E-state index < -0.39 is 0 Å². The summed E-state index contributed by atoms with van der Waals surface area (Å²) in [4.78, 5) is 8.12. The molecule has 0 aliphatic heterocycles. The van der Waals surface area contributed by atoms with Crippen LogP contribution >= 0.6 is 0 Å². The molecule has 1 N–H and O–H groups in total. The van der Waals surface area contributed by atoms with Crippen LogP contribution in [0.2, 0.25) is 0 Å². The van der Waals surface area contributed by atoms with Crippen LogP contribution in [-0.4, -0.2) is 21.7 Å². The summed E-state index contributed by atoms with van der Waals surface area (Å²) < 4.78 is 5.60. The number of aromatic nitrogens is 2. The highest BCUT2D eigenvalue weighted by molar-refractivity contribution is 5.36. The van der Waals surface area contributed by atoms with Gasteiger partial charge in [-0.15, -0.1) is 0 Å². The number of benzene rings is 1. The first-order valence-corrected chi connectivity index (χ1v) is 5.85. The van der Waals surface area contributed by atoms with Crippen LogP contribution in [0.25, 0.3) is 0 Å². The van der Waals surface area contributed by atoms with E-state index in [1.54, 1.807) is 19.1 Å². The molecule has 2 rings (SSSR count). The smallest absolute Gasteiger partial charge is 0.323 e. The molecule has 0 bridgehead atoms. The number of aliphatic hydroxyl groups is 1. The summed E-state index contributed by atoms with van der Waals surface area (Å²) in [5, 5.41) is 17.9. The lowest BCUT2D eigenvalue weighted by atomic mass is 10.1. The molecule has 0 saturated heterocycles. The Labute approximate surface area is 111 Å². The highest BCUT2D eigenvalue weighted by Gasteiger charge is 2.07. The Morgan fingerprint density at radius 2 is 2.11 bits per heavy atom. The molecule has 0 unspecified atom stereocenters. The monoisotopic (exact) mass is 255 g/mol. The minimum atomic E-state index is 0.0402. The predicted octanol–water partition coefficient (Wildman–Crippen LogP) is 1.98. The lowest BCUT2D eigenvalue weighted by Crippen LogP contribution is -1.99. The Morgan fingerprint density at radius 1 is 1.32 bits per heavy atom. The molecule has 0 aliphatic rings. The topological polar surface area (TPSA) is 79.0 Å². The molecule has 0 atom stereocenters. The van der Waals surface area contributed by atoms with Gasteiger partial charge in [0, 0.05) is 12.3 Å². The third kappa shape index (κ3) is 3.27. The summed E-state index contributed by atoms with van der Waals surface area (Å²) in [6, 6.07) is 11.0. The molecule has 1 heterocycles. The van der Waals surface area contributed by atoms with Gasteiger partial charge in [0.1, 0.15) is 17.5 Å². The van der Waals surface area contributed by atoms with E-state index in [2.05, 4.69) is 9.97 Å². The second-order valence-electron chi connectivity index (χ2n) is 3.97. The van der Waals surface area contributed by atoms with Crippen LogP contribution in [0.1, 0.15) is 17.0 Å². The minimum Gasteiger partial charge on any atom is -0.424 e. The molecule has 5 nitrogen and oxygen atoms in total. The van der Waals surface area contributed by atoms with Crippen molar-refractivity contribution in [1.82, 2.24) is 9.97 Å². The zero-order valence-corrected chi connectivity index (χ0v) is 10.5. The van der Waals surface area contributed by atoms with Crippen molar-refractivity contribution in [2.45, 2.75) is 13.3 Å². The van der Waals surface area contributed by atoms with E-state index in [0.29, 0.717) is 17.9 Å². The second-order valence-corrected chi connectivity index (χ2v) is 3.97. The summed E-state index contributed by atoms with van der Waals surface area (Å²) in [7, 11) is 0. The van der Waals surface area contributed by atoms with Crippen molar-refractivity contribution in [2.75, 3.05) is 6.61 Å². The summed E-state index contributed by atoms with van der Waals surface area (Å²) >= 11 is 0. The number of ether oxygens (including phenoxy) is 1. The molecule has 0 amide bonds. The average molecular weight is 255 g/mol. The molecule has 2 aromatic rings. The van der Waals surface area contributed by atoms with Crippen LogP contribution < -0.4 is 4.74 Å². The number of hydrogen-bond donors (Lipinski definition) is 1. The molecule has 0 aliphatic carbocycles. The van der Waals surface area contributed by atoms with E-state index in [1.165, 1.54) is 0 Å². The molecule has 0 radical (unpaired) electrons. The SMILES string of the molecule is Cc1cc(C#N)nc(Oc2ccccc2CCO)n1. The second kappa shape index (κ2) is 5.94. The molecule has 1 aromatic carbocycles. The maximum absolute atomic E-state index is 9.01. The van der Waals surface area contributed by atoms with Crippen molar-refractivity contribution >= 4 is 0 Å². The van der Waals surface area contributed by atoms with Crippen LogP contribution in [0.4, 0.5) is 0 Å². The van der Waals surface area contributed by atoms with Crippen LogP contribution in [0.3, 0.4) is 0 Å². The molecule has 5 heteroatoms. The summed E-state index contributed by atoms with van der Waals surface area (Å²) in [6.45, 7) is 1.81. The van der Waals surface area contributed by atoms with Gasteiger partial charge in [0.2, 0.25) is 0 Å². The number of aliphatic hydroxyl groups excluding tert-OH is 1. The Bertz CT molecular complexity index is 620. The Kier molecular flexibility index (Phi) is 4.06. The third-order valence-corrected chi connectivity index (χ3v) is 2.50. The van der Waals surface area contributed by atoms with E-state index in [4.69, 9.17) is 15.1 Å². The highest BCUT2D eigenvalue weighted by Crippen LogP contribution is 2.23. The molecular formula is C14H13N3O2. The van der Waals surface area contributed by atoms with Crippen molar-refractivity contribution in [2.24, 2.45) is 0 Å². The van der Waals surface area contributed by atoms with Gasteiger partial charge in [-0.2, -0.15) is 10.2 Å². The first-order valence-electron chi connectivity index (χ1n) is 5.85. The Hall–Kier alpha value is -2.45. The number of nitriles is 1. The van der Waals surface area contributed by atoms with Gasteiger partial charge in [-0.05, 0) is 31.0 Å². The Balaban J connectivity index is 2.31. The zero-order valence-electron chi connectivity index (χ0n) is 10.5. The van der Waals surface area contributed by atoms with Gasteiger partial charge < -0.3 is 9.84 Å². The first-order chi connectivity index (χ1) is 9.22. The number of aryl methyl sites for hydroxylation is 1. The fourth-order valence-electron chi connectivity index (χ4n) is 1.67. The van der Waals surface area contributed by atoms with Gasteiger partial charge in [0.25, 0.3) is 0 Å². The average Bonchev–Trinajstić information content (AvgIpc) is 2.40. The normalized spacial score (nSPS) is 9.95. The maximum atomic E-state index is 9.01. The van der Waals surface area contributed by atoms with Gasteiger partial charge in [-0.3, -0.25) is 0 Å². The number of hydrogen-bond acceptors (Lipinski definition) is 5. The van der Waals surface area contributed by atoms with E-state index in [9.17, 15) is 0 Å². The van der Waals surface area contributed by atoms with Crippen LogP contribution in [0.5, 0.6) is 11.8 Å². The zero-order chi connectivity index (χ0) is 13.7. The molecule has 19 heavy (non-hydrogen) atoms. The number of para-hydroxylation sites is 1. The molecule has 0 fully saturated rings. The standard InChI is InChI=1S/C14H13N3O2/c1-10-8-12(9-15)17-14(16-10)19-13-5-3-2-4-11(13)6-7-18/h2-5,8,18H,6-7H2,1H3. The van der Waals surface area contributed by atoms with Crippen molar-refractivity contribution in [3.63, 3.8) is 0 Å². The molecule has 96 valence electrons. The quantitative estimate of drug-likeness (QED) is 0.903.